The van der Waals surface area contributed by atoms with Crippen molar-refractivity contribution in [2.75, 3.05) is 29.9 Å². The van der Waals surface area contributed by atoms with Crippen LogP contribution in [0.1, 0.15) is 31.0 Å². The molecule has 0 atom stereocenters. The highest BCUT2D eigenvalue weighted by Gasteiger charge is 2.33. The third-order valence-electron chi connectivity index (χ3n) is 5.19. The lowest BCUT2D eigenvalue weighted by Crippen LogP contribution is -2.59. The van der Waals surface area contributed by atoms with E-state index in [2.05, 4.69) is 35.8 Å². The van der Waals surface area contributed by atoms with Gasteiger partial charge in [0.1, 0.15) is 5.82 Å². The van der Waals surface area contributed by atoms with E-state index >= 15 is 0 Å². The molecule has 5 rings (SSSR count). The van der Waals surface area contributed by atoms with E-state index in [4.69, 9.17) is 5.10 Å². The van der Waals surface area contributed by atoms with Gasteiger partial charge in [0.25, 0.3) is 0 Å². The number of aromatic nitrogens is 6. The second kappa shape index (κ2) is 5.37. The minimum atomic E-state index is 0.443. The van der Waals surface area contributed by atoms with E-state index in [9.17, 15) is 0 Å². The summed E-state index contributed by atoms with van der Waals surface area (Å²) in [6.45, 7) is 1.88. The summed E-state index contributed by atoms with van der Waals surface area (Å²) in [7, 11) is 2.07. The number of rotatable bonds is 4. The predicted octanol–water partition coefficient (Wildman–Crippen LogP) is 1.57. The van der Waals surface area contributed by atoms with Gasteiger partial charge in [0.05, 0.1) is 24.0 Å². The van der Waals surface area contributed by atoms with Crippen LogP contribution in [0.4, 0.5) is 11.6 Å². The highest BCUT2D eigenvalue weighted by Crippen LogP contribution is 2.35. The standard InChI is InChI=1S/C15H18N8S/c1-21(14-7-16-24-20-14)11-8-22(9-11)13-6-5-12-17-18-15(23(12)19-13)10-3-2-4-10/h5-7,10-11H,2-4,8-9H2,1H3. The number of nitrogens with zero attached hydrogens (tertiary/aromatic N) is 8. The van der Waals surface area contributed by atoms with Gasteiger partial charge < -0.3 is 9.80 Å². The summed E-state index contributed by atoms with van der Waals surface area (Å²) in [5.74, 6) is 3.47. The van der Waals surface area contributed by atoms with Crippen molar-refractivity contribution in [1.29, 1.82) is 0 Å². The van der Waals surface area contributed by atoms with Crippen LogP contribution in [0.2, 0.25) is 0 Å². The minimum Gasteiger partial charge on any atom is -0.351 e. The van der Waals surface area contributed by atoms with E-state index in [1.165, 1.54) is 31.0 Å². The fraction of sp³-hybridized carbons (Fsp3) is 0.533. The predicted molar refractivity (Wildman–Crippen MR) is 91.7 cm³/mol. The smallest absolute Gasteiger partial charge is 0.178 e. The van der Waals surface area contributed by atoms with E-state index in [1.807, 2.05) is 22.8 Å². The van der Waals surface area contributed by atoms with Crippen molar-refractivity contribution in [3.8, 4) is 0 Å². The first-order valence-corrected chi connectivity index (χ1v) is 9.00. The van der Waals surface area contributed by atoms with Crippen LogP contribution in [0.25, 0.3) is 5.65 Å². The van der Waals surface area contributed by atoms with E-state index < -0.39 is 0 Å². The van der Waals surface area contributed by atoms with Crippen LogP contribution in [-0.2, 0) is 0 Å². The van der Waals surface area contributed by atoms with Crippen molar-refractivity contribution in [3.63, 3.8) is 0 Å². The highest BCUT2D eigenvalue weighted by molar-refractivity contribution is 6.99. The van der Waals surface area contributed by atoms with Gasteiger partial charge >= 0.3 is 0 Å². The van der Waals surface area contributed by atoms with Gasteiger partial charge in [0.2, 0.25) is 0 Å². The molecule has 1 aliphatic carbocycles. The summed E-state index contributed by atoms with van der Waals surface area (Å²) in [6, 6.07) is 4.49. The van der Waals surface area contributed by atoms with Crippen LogP contribution in [0, 0.1) is 0 Å². The lowest BCUT2D eigenvalue weighted by molar-refractivity contribution is 0.394. The van der Waals surface area contributed by atoms with Crippen molar-refractivity contribution >= 4 is 29.0 Å². The van der Waals surface area contributed by atoms with Gasteiger partial charge in [0.15, 0.2) is 17.3 Å². The Kier molecular flexibility index (Phi) is 3.15. The van der Waals surface area contributed by atoms with Crippen LogP contribution < -0.4 is 9.80 Å². The summed E-state index contributed by atoms with van der Waals surface area (Å²) in [4.78, 5) is 4.47. The Morgan fingerprint density at radius 2 is 2.08 bits per heavy atom. The van der Waals surface area contributed by atoms with Gasteiger partial charge in [-0.05, 0) is 25.0 Å². The molecule has 1 saturated carbocycles. The Balaban J connectivity index is 1.34. The molecule has 124 valence electrons. The molecule has 4 heterocycles. The Hall–Kier alpha value is -2.29. The molecule has 3 aromatic heterocycles. The molecule has 1 aliphatic heterocycles. The molecule has 24 heavy (non-hydrogen) atoms. The molecule has 0 amide bonds. The van der Waals surface area contributed by atoms with E-state index in [0.717, 1.165) is 36.2 Å². The maximum Gasteiger partial charge on any atom is 0.178 e. The van der Waals surface area contributed by atoms with Gasteiger partial charge in [-0.15, -0.1) is 15.3 Å². The first-order chi connectivity index (χ1) is 11.8. The topological polar surface area (TPSA) is 75.3 Å². The first kappa shape index (κ1) is 14.1. The van der Waals surface area contributed by atoms with Gasteiger partial charge in [-0.1, -0.05) is 6.42 Å². The third kappa shape index (κ3) is 2.15. The molecule has 0 unspecified atom stereocenters. The molecule has 3 aromatic rings. The van der Waals surface area contributed by atoms with Crippen molar-refractivity contribution in [1.82, 2.24) is 28.6 Å². The average Bonchev–Trinajstić information content (AvgIpc) is 3.14. The van der Waals surface area contributed by atoms with Crippen molar-refractivity contribution < 1.29 is 0 Å². The third-order valence-corrected chi connectivity index (χ3v) is 5.66. The molecule has 2 aliphatic rings. The van der Waals surface area contributed by atoms with Crippen LogP contribution in [-0.4, -0.2) is 54.7 Å². The van der Waals surface area contributed by atoms with Crippen molar-refractivity contribution in [2.24, 2.45) is 0 Å². The van der Waals surface area contributed by atoms with Gasteiger partial charge in [-0.3, -0.25) is 0 Å². The van der Waals surface area contributed by atoms with Gasteiger partial charge in [-0.2, -0.15) is 13.3 Å². The fourth-order valence-corrected chi connectivity index (χ4v) is 3.72. The lowest BCUT2D eigenvalue weighted by atomic mass is 9.85. The van der Waals surface area contributed by atoms with Crippen LogP contribution in [0.3, 0.4) is 0 Å². The first-order valence-electron chi connectivity index (χ1n) is 8.27. The second-order valence-electron chi connectivity index (χ2n) is 6.58. The monoisotopic (exact) mass is 342 g/mol. The van der Waals surface area contributed by atoms with Crippen molar-refractivity contribution in [2.45, 2.75) is 31.2 Å². The number of anilines is 2. The zero-order valence-corrected chi connectivity index (χ0v) is 14.2. The minimum absolute atomic E-state index is 0.443. The SMILES string of the molecule is CN(c1cnsn1)C1CN(c2ccc3nnc(C4CCC4)n3n2)C1. The maximum atomic E-state index is 4.79. The Morgan fingerprint density at radius 1 is 1.21 bits per heavy atom. The molecular formula is C15H18N8S. The number of fused-ring (bicyclic) bond motifs is 1. The molecule has 0 N–H and O–H groups in total. The zero-order valence-electron chi connectivity index (χ0n) is 13.4. The number of hydrogen-bond acceptors (Lipinski definition) is 8. The molecule has 1 saturated heterocycles. The Morgan fingerprint density at radius 3 is 2.79 bits per heavy atom. The maximum absolute atomic E-state index is 4.79. The normalized spacial score (nSPS) is 18.6. The summed E-state index contributed by atoms with van der Waals surface area (Å²) >= 11 is 1.25. The Labute approximate surface area is 143 Å². The molecule has 2 fully saturated rings. The average molecular weight is 342 g/mol. The van der Waals surface area contributed by atoms with Crippen molar-refractivity contribution in [3.05, 3.63) is 24.2 Å². The molecule has 8 nitrogen and oxygen atoms in total. The van der Waals surface area contributed by atoms with E-state index in [1.54, 1.807) is 0 Å². The summed E-state index contributed by atoms with van der Waals surface area (Å²) in [5, 5.41) is 13.4. The lowest BCUT2D eigenvalue weighted by Gasteiger charge is -2.44. The molecule has 0 bridgehead atoms. The quantitative estimate of drug-likeness (QED) is 0.712. The second-order valence-corrected chi connectivity index (χ2v) is 7.14. The van der Waals surface area contributed by atoms with Crippen LogP contribution in [0.5, 0.6) is 0 Å². The Bertz CT molecular complexity index is 850. The summed E-state index contributed by atoms with van der Waals surface area (Å²) < 4.78 is 10.3. The largest absolute Gasteiger partial charge is 0.351 e. The summed E-state index contributed by atoms with van der Waals surface area (Å²) in [6.07, 6.45) is 5.50. The van der Waals surface area contributed by atoms with Gasteiger partial charge in [-0.25, -0.2) is 0 Å². The molecule has 0 spiro atoms. The number of hydrogen-bond donors (Lipinski definition) is 0. The summed E-state index contributed by atoms with van der Waals surface area (Å²) in [5.41, 5.74) is 0.836. The molecular weight excluding hydrogens is 324 g/mol. The van der Waals surface area contributed by atoms with Crippen LogP contribution in [0.15, 0.2) is 18.3 Å². The molecule has 9 heteroatoms. The number of likely N-dealkylation sites (N-methyl/N-ethyl adjacent to an activating group) is 1. The van der Waals surface area contributed by atoms with Crippen LogP contribution >= 0.6 is 11.7 Å². The fourth-order valence-electron chi connectivity index (χ4n) is 3.28. The highest BCUT2D eigenvalue weighted by atomic mass is 32.1. The molecule has 0 aromatic carbocycles. The van der Waals surface area contributed by atoms with Gasteiger partial charge in [0, 0.05) is 26.1 Å². The zero-order chi connectivity index (χ0) is 16.1. The van der Waals surface area contributed by atoms with E-state index in [-0.39, 0.29) is 0 Å². The molecule has 0 radical (unpaired) electrons. The van der Waals surface area contributed by atoms with E-state index in [0.29, 0.717) is 12.0 Å².